The second-order valence-corrected chi connectivity index (χ2v) is 16.0. The lowest BCUT2D eigenvalue weighted by atomic mass is 10.1. The first-order valence-electron chi connectivity index (χ1n) is 16.5. The topological polar surface area (TPSA) is 181 Å². The third-order valence-corrected chi connectivity index (χ3v) is 6.80. The molecule has 17 heteroatoms. The van der Waals surface area contributed by atoms with Crippen LogP contribution in [0.3, 0.4) is 0 Å². The zero-order valence-corrected chi connectivity index (χ0v) is 32.1. The maximum Gasteiger partial charge on any atom is 0.420 e. The smallest absolute Gasteiger partial charge is 0.420 e. The van der Waals surface area contributed by atoms with E-state index in [4.69, 9.17) is 28.4 Å². The Morgan fingerprint density at radius 1 is 0.615 bits per heavy atom. The summed E-state index contributed by atoms with van der Waals surface area (Å²) in [6.07, 6.45) is -7.41. The Labute approximate surface area is 305 Å². The van der Waals surface area contributed by atoms with Gasteiger partial charge < -0.3 is 33.2 Å². The molecule has 52 heavy (non-hydrogen) atoms. The highest BCUT2D eigenvalue weighted by molar-refractivity contribution is 6.02. The minimum Gasteiger partial charge on any atom is -0.464 e. The molecule has 2 fully saturated rings. The summed E-state index contributed by atoms with van der Waals surface area (Å²) in [6, 6.07) is 0. The molecule has 0 spiro atoms. The van der Waals surface area contributed by atoms with E-state index in [2.05, 4.69) is 0 Å². The quantitative estimate of drug-likeness (QED) is 0.140. The summed E-state index contributed by atoms with van der Waals surface area (Å²) < 4.78 is 57.3. The molecule has 0 heterocycles. The summed E-state index contributed by atoms with van der Waals surface area (Å²) in [5, 5.41) is 0. The van der Waals surface area contributed by atoms with E-state index in [9.17, 15) is 42.3 Å². The van der Waals surface area contributed by atoms with Gasteiger partial charge in [-0.1, -0.05) is 7.43 Å². The molecule has 2 aliphatic rings. The van der Waals surface area contributed by atoms with Crippen molar-refractivity contribution in [3.05, 3.63) is 0 Å². The van der Waals surface area contributed by atoms with Crippen LogP contribution in [0.4, 0.5) is 28.0 Å². The van der Waals surface area contributed by atoms with E-state index in [1.54, 1.807) is 90.0 Å². The van der Waals surface area contributed by atoms with Crippen LogP contribution in [-0.4, -0.2) is 106 Å². The van der Waals surface area contributed by atoms with Gasteiger partial charge in [-0.15, -0.1) is 0 Å². The van der Waals surface area contributed by atoms with E-state index in [-0.39, 0.29) is 27.1 Å². The van der Waals surface area contributed by atoms with Gasteiger partial charge in [-0.05, 0) is 110 Å². The number of hydrogen-bond donors (Lipinski definition) is 0. The number of carbonyl (C=O) groups is 7. The van der Waals surface area contributed by atoms with Crippen molar-refractivity contribution in [3.63, 3.8) is 0 Å². The van der Waals surface area contributed by atoms with Gasteiger partial charge in [0.25, 0.3) is 0 Å². The Kier molecular flexibility index (Phi) is 15.8. The molecule has 0 bridgehead atoms. The van der Waals surface area contributed by atoms with Gasteiger partial charge in [-0.3, -0.25) is 0 Å². The molecule has 2 saturated carbocycles. The van der Waals surface area contributed by atoms with Crippen molar-refractivity contribution in [2.45, 2.75) is 157 Å². The number of carbonyl (C=O) groups excluding carboxylic acids is 7. The van der Waals surface area contributed by atoms with Crippen LogP contribution in [0.1, 0.15) is 117 Å². The highest BCUT2D eigenvalue weighted by Crippen LogP contribution is 2.54. The number of imide groups is 2. The van der Waals surface area contributed by atoms with E-state index in [1.165, 1.54) is 6.92 Å². The summed E-state index contributed by atoms with van der Waals surface area (Å²) in [7, 11) is 0. The van der Waals surface area contributed by atoms with Gasteiger partial charge in [0.1, 0.15) is 28.7 Å². The second kappa shape index (κ2) is 17.2. The lowest BCUT2D eigenvalue weighted by Gasteiger charge is -2.33. The Bertz CT molecular complexity index is 1270. The molecule has 0 aromatic carbocycles. The summed E-state index contributed by atoms with van der Waals surface area (Å²) in [5.74, 6) is -4.31. The highest BCUT2D eigenvalue weighted by atomic mass is 19.3. The van der Waals surface area contributed by atoms with Crippen molar-refractivity contribution in [2.24, 2.45) is 11.8 Å². The van der Waals surface area contributed by atoms with Crippen LogP contribution in [0.5, 0.6) is 0 Å². The monoisotopic (exact) mass is 752 g/mol. The average Bonchev–Trinajstić information content (AvgIpc) is 3.80. The fourth-order valence-corrected chi connectivity index (χ4v) is 4.72. The highest BCUT2D eigenvalue weighted by Gasteiger charge is 2.73. The van der Waals surface area contributed by atoms with Gasteiger partial charge in [0.2, 0.25) is 6.43 Å². The predicted octanol–water partition coefficient (Wildman–Crippen LogP) is 7.06. The second-order valence-electron chi connectivity index (χ2n) is 16.0. The van der Waals surface area contributed by atoms with Crippen molar-refractivity contribution < 1.29 is 70.8 Å². The molecule has 300 valence electrons. The average molecular weight is 753 g/mol. The standard InChI is InChI=1S/C17H27F2NO6.C17H27NO7.CH4/c1-8-24-12(21)17(9-10(17)11(18)19)20(13(22)25-15(2,3)4)14(23)26-16(5,6)7;1-8-23-12(20)17(9-11(17)10-19)18(13(21)24-15(2,3)4)14(22)25-16(5,6)7;/h10-11H,8-9H2,1-7H3;10-11H,8-9H2,1-7H3;1H4/t10-,17+;11-,17+;/m00./s1. The Morgan fingerprint density at radius 2 is 0.904 bits per heavy atom. The number of halogens is 2. The van der Waals surface area contributed by atoms with Crippen LogP contribution in [0.2, 0.25) is 0 Å². The molecule has 4 amide bonds. The van der Waals surface area contributed by atoms with Crippen LogP contribution in [0.15, 0.2) is 0 Å². The van der Waals surface area contributed by atoms with Crippen LogP contribution in [-0.2, 0) is 42.8 Å². The van der Waals surface area contributed by atoms with Crippen molar-refractivity contribution >= 4 is 42.6 Å². The molecular weight excluding hydrogens is 694 g/mol. The molecule has 2 rings (SSSR count). The van der Waals surface area contributed by atoms with Crippen LogP contribution < -0.4 is 0 Å². The number of ether oxygens (including phenoxy) is 6. The predicted molar refractivity (Wildman–Crippen MR) is 182 cm³/mol. The molecule has 0 radical (unpaired) electrons. The number of hydrogen-bond acceptors (Lipinski definition) is 13. The third-order valence-electron chi connectivity index (χ3n) is 6.80. The van der Waals surface area contributed by atoms with E-state index in [0.717, 1.165) is 0 Å². The Balaban J connectivity index is 0.000000982. The number of nitrogens with zero attached hydrogens (tertiary/aromatic N) is 2. The van der Waals surface area contributed by atoms with E-state index in [1.807, 2.05) is 0 Å². The van der Waals surface area contributed by atoms with Crippen LogP contribution >= 0.6 is 0 Å². The van der Waals surface area contributed by atoms with Gasteiger partial charge in [-0.25, -0.2) is 37.5 Å². The van der Waals surface area contributed by atoms with Crippen molar-refractivity contribution in [3.8, 4) is 0 Å². The summed E-state index contributed by atoms with van der Waals surface area (Å²) in [4.78, 5) is 87.5. The molecule has 0 aliphatic heterocycles. The number of aldehydes is 1. The molecule has 2 aliphatic carbocycles. The molecule has 0 aromatic heterocycles. The number of alkyl halides is 2. The lowest BCUT2D eigenvalue weighted by Crippen LogP contribution is -2.55. The molecule has 0 aromatic rings. The molecule has 0 saturated heterocycles. The summed E-state index contributed by atoms with van der Waals surface area (Å²) >= 11 is 0. The first-order chi connectivity index (χ1) is 22.9. The number of esters is 2. The molecule has 0 N–H and O–H groups in total. The number of rotatable bonds is 8. The molecular formula is C35H58F2N2O13. The molecule has 0 unspecified atom stereocenters. The SMILES string of the molecule is C.CCOC(=O)[C@@]1(N(C(=O)OC(C)(C)C)C(=O)OC(C)(C)C)C[C@H]1C(F)F.CCOC(=O)[C@@]1(N(C(=O)OC(C)(C)C)C(=O)OC(C)(C)C)C[C@H]1C=O. The van der Waals surface area contributed by atoms with Crippen LogP contribution in [0.25, 0.3) is 0 Å². The largest absolute Gasteiger partial charge is 0.464 e. The van der Waals surface area contributed by atoms with Gasteiger partial charge in [-0.2, -0.15) is 9.80 Å². The van der Waals surface area contributed by atoms with Gasteiger partial charge in [0.15, 0.2) is 11.1 Å². The van der Waals surface area contributed by atoms with Crippen molar-refractivity contribution in [2.75, 3.05) is 13.2 Å². The van der Waals surface area contributed by atoms with Crippen molar-refractivity contribution in [1.29, 1.82) is 0 Å². The lowest BCUT2D eigenvalue weighted by molar-refractivity contribution is -0.153. The molecule has 4 atom stereocenters. The zero-order valence-electron chi connectivity index (χ0n) is 32.1. The maximum atomic E-state index is 13.3. The van der Waals surface area contributed by atoms with Gasteiger partial charge >= 0.3 is 36.3 Å². The number of amides is 4. The summed E-state index contributed by atoms with van der Waals surface area (Å²) in [6.45, 7) is 22.1. The van der Waals surface area contributed by atoms with Gasteiger partial charge in [0, 0.05) is 0 Å². The molecule has 15 nitrogen and oxygen atoms in total. The minimum atomic E-state index is -2.92. The minimum absolute atomic E-state index is 0. The zero-order chi connectivity index (χ0) is 40.1. The Morgan fingerprint density at radius 3 is 1.12 bits per heavy atom. The first-order valence-corrected chi connectivity index (χ1v) is 16.5. The van der Waals surface area contributed by atoms with E-state index >= 15 is 0 Å². The fraction of sp³-hybridized carbons (Fsp3) is 0.800. The van der Waals surface area contributed by atoms with Gasteiger partial charge in [0.05, 0.1) is 25.0 Å². The Hall–Kier alpha value is -4.05. The normalized spacial score (nSPS) is 22.2. The third kappa shape index (κ3) is 12.6. The van der Waals surface area contributed by atoms with Crippen LogP contribution in [0, 0.1) is 11.8 Å². The maximum absolute atomic E-state index is 13.3. The first kappa shape index (κ1) is 48.0. The van der Waals surface area contributed by atoms with Crippen molar-refractivity contribution in [1.82, 2.24) is 9.80 Å². The van der Waals surface area contributed by atoms with E-state index in [0.29, 0.717) is 16.1 Å². The fourth-order valence-electron chi connectivity index (χ4n) is 4.72. The summed E-state index contributed by atoms with van der Waals surface area (Å²) in [5.41, 5.74) is -7.68. The van der Waals surface area contributed by atoms with E-state index < -0.39 is 94.5 Å².